The van der Waals surface area contributed by atoms with Crippen LogP contribution in [0.4, 0.5) is 5.69 Å². The Balaban J connectivity index is 2.67. The van der Waals surface area contributed by atoms with E-state index in [2.05, 4.69) is 10.4 Å². The van der Waals surface area contributed by atoms with Crippen molar-refractivity contribution in [2.24, 2.45) is 5.84 Å². The van der Waals surface area contributed by atoms with Crippen LogP contribution in [0.15, 0.2) is 18.2 Å². The second-order valence-electron chi connectivity index (χ2n) is 3.74. The molecule has 5 nitrogen and oxygen atoms in total. The molecule has 0 radical (unpaired) electrons. The van der Waals surface area contributed by atoms with Crippen LogP contribution >= 0.6 is 11.6 Å². The normalized spacial score (nSPS) is 10.7. The number of methoxy groups -OCH3 is 2. The standard InChI is InChI=1S/C12H14ClN3O2/c1-17-6-7-3-11(16-14)8-4-9(13)12(18-2)5-10(8)15-7/h3-5H,6,14H2,1-2H3,(H,15,16). The lowest BCUT2D eigenvalue weighted by atomic mass is 10.1. The van der Waals surface area contributed by atoms with Crippen LogP contribution in [0.2, 0.25) is 5.02 Å². The van der Waals surface area contributed by atoms with Gasteiger partial charge in [0.2, 0.25) is 0 Å². The number of hydrogen-bond donors (Lipinski definition) is 2. The molecule has 96 valence electrons. The SMILES string of the molecule is COCc1cc(NN)c2cc(Cl)c(OC)cc2n1. The summed E-state index contributed by atoms with van der Waals surface area (Å²) in [5, 5.41) is 1.35. The largest absolute Gasteiger partial charge is 0.495 e. The molecule has 6 heteroatoms. The zero-order chi connectivity index (χ0) is 13.1. The van der Waals surface area contributed by atoms with Crippen molar-refractivity contribution in [2.45, 2.75) is 6.61 Å². The highest BCUT2D eigenvalue weighted by molar-refractivity contribution is 6.33. The fourth-order valence-electron chi connectivity index (χ4n) is 1.78. The fraction of sp³-hybridized carbons (Fsp3) is 0.250. The molecule has 2 rings (SSSR count). The van der Waals surface area contributed by atoms with Crippen LogP contribution < -0.4 is 16.0 Å². The first-order valence-electron chi connectivity index (χ1n) is 5.32. The average molecular weight is 268 g/mol. The molecule has 1 aromatic carbocycles. The van der Waals surface area contributed by atoms with E-state index < -0.39 is 0 Å². The van der Waals surface area contributed by atoms with Gasteiger partial charge in [-0.05, 0) is 12.1 Å². The first-order valence-corrected chi connectivity index (χ1v) is 5.70. The Labute approximate surface area is 110 Å². The number of ether oxygens (including phenoxy) is 2. The minimum atomic E-state index is 0.412. The summed E-state index contributed by atoms with van der Waals surface area (Å²) in [4.78, 5) is 4.46. The highest BCUT2D eigenvalue weighted by atomic mass is 35.5. The Bertz CT molecular complexity index is 575. The number of aromatic nitrogens is 1. The van der Waals surface area contributed by atoms with Gasteiger partial charge >= 0.3 is 0 Å². The molecule has 1 heterocycles. The van der Waals surface area contributed by atoms with Crippen molar-refractivity contribution in [3.8, 4) is 5.75 Å². The smallest absolute Gasteiger partial charge is 0.139 e. The number of nitrogens with two attached hydrogens (primary N) is 1. The van der Waals surface area contributed by atoms with Gasteiger partial charge in [-0.15, -0.1) is 0 Å². The Morgan fingerprint density at radius 3 is 2.72 bits per heavy atom. The summed E-state index contributed by atoms with van der Waals surface area (Å²) in [6.45, 7) is 0.412. The van der Waals surface area contributed by atoms with Gasteiger partial charge in [0.05, 0.1) is 35.6 Å². The van der Waals surface area contributed by atoms with Gasteiger partial charge in [-0.2, -0.15) is 0 Å². The number of anilines is 1. The summed E-state index contributed by atoms with van der Waals surface area (Å²) in [7, 11) is 3.18. The molecule has 0 bridgehead atoms. The number of pyridine rings is 1. The molecule has 0 saturated heterocycles. The van der Waals surface area contributed by atoms with Crippen LogP contribution in [0, 0.1) is 0 Å². The molecule has 2 aromatic rings. The van der Waals surface area contributed by atoms with Crippen molar-refractivity contribution in [3.05, 3.63) is 28.9 Å². The number of nitrogens with zero attached hydrogens (tertiary/aromatic N) is 1. The van der Waals surface area contributed by atoms with Crippen LogP contribution in [-0.4, -0.2) is 19.2 Å². The van der Waals surface area contributed by atoms with Gasteiger partial charge in [-0.3, -0.25) is 10.8 Å². The van der Waals surface area contributed by atoms with E-state index >= 15 is 0 Å². The third-order valence-corrected chi connectivity index (χ3v) is 2.88. The van der Waals surface area contributed by atoms with E-state index in [0.717, 1.165) is 22.3 Å². The summed E-state index contributed by atoms with van der Waals surface area (Å²) >= 11 is 6.09. The zero-order valence-corrected chi connectivity index (χ0v) is 10.9. The first kappa shape index (κ1) is 12.9. The summed E-state index contributed by atoms with van der Waals surface area (Å²) in [5.41, 5.74) is 4.91. The molecule has 0 amide bonds. The second-order valence-corrected chi connectivity index (χ2v) is 4.15. The van der Waals surface area contributed by atoms with Crippen molar-refractivity contribution in [2.75, 3.05) is 19.6 Å². The van der Waals surface area contributed by atoms with Gasteiger partial charge in [0.1, 0.15) is 5.75 Å². The van der Waals surface area contributed by atoms with Gasteiger partial charge < -0.3 is 14.9 Å². The number of hydrazine groups is 1. The van der Waals surface area contributed by atoms with E-state index in [1.807, 2.05) is 6.07 Å². The molecule has 1 aromatic heterocycles. The average Bonchev–Trinajstić information content (AvgIpc) is 2.38. The van der Waals surface area contributed by atoms with Crippen LogP contribution in [0.1, 0.15) is 5.69 Å². The first-order chi connectivity index (χ1) is 8.69. The van der Waals surface area contributed by atoms with Crippen molar-refractivity contribution in [1.82, 2.24) is 4.98 Å². The zero-order valence-electron chi connectivity index (χ0n) is 10.2. The predicted octanol–water partition coefficient (Wildman–Crippen LogP) is 2.33. The molecule has 0 aliphatic rings. The van der Waals surface area contributed by atoms with E-state index in [9.17, 15) is 0 Å². The number of benzene rings is 1. The third kappa shape index (κ3) is 2.33. The highest BCUT2D eigenvalue weighted by Gasteiger charge is 2.09. The topological polar surface area (TPSA) is 69.4 Å². The van der Waals surface area contributed by atoms with E-state index in [4.69, 9.17) is 26.9 Å². The molecule has 0 atom stereocenters. The van der Waals surface area contributed by atoms with Crippen molar-refractivity contribution in [3.63, 3.8) is 0 Å². The maximum absolute atomic E-state index is 6.09. The monoisotopic (exact) mass is 267 g/mol. The van der Waals surface area contributed by atoms with Gasteiger partial charge in [-0.25, -0.2) is 0 Å². The molecule has 0 saturated carbocycles. The van der Waals surface area contributed by atoms with Crippen LogP contribution in [0.5, 0.6) is 5.75 Å². The lowest BCUT2D eigenvalue weighted by Crippen LogP contribution is -2.08. The van der Waals surface area contributed by atoms with E-state index in [1.54, 1.807) is 26.4 Å². The predicted molar refractivity (Wildman–Crippen MR) is 71.8 cm³/mol. The van der Waals surface area contributed by atoms with Crippen molar-refractivity contribution in [1.29, 1.82) is 0 Å². The number of fused-ring (bicyclic) bond motifs is 1. The minimum Gasteiger partial charge on any atom is -0.495 e. The van der Waals surface area contributed by atoms with Gasteiger partial charge in [0.15, 0.2) is 0 Å². The number of nitrogen functional groups attached to an aromatic ring is 1. The highest BCUT2D eigenvalue weighted by Crippen LogP contribution is 2.32. The quantitative estimate of drug-likeness (QED) is 0.657. The lowest BCUT2D eigenvalue weighted by Gasteiger charge is -2.11. The fourth-order valence-corrected chi connectivity index (χ4v) is 2.02. The summed E-state index contributed by atoms with van der Waals surface area (Å²) < 4.78 is 10.2. The van der Waals surface area contributed by atoms with Gasteiger partial charge in [0.25, 0.3) is 0 Å². The van der Waals surface area contributed by atoms with Crippen molar-refractivity contribution < 1.29 is 9.47 Å². The summed E-state index contributed by atoms with van der Waals surface area (Å²) in [6, 6.07) is 5.38. The summed E-state index contributed by atoms with van der Waals surface area (Å²) in [5.74, 6) is 6.09. The van der Waals surface area contributed by atoms with Crippen molar-refractivity contribution >= 4 is 28.2 Å². The molecule has 0 fully saturated rings. The Morgan fingerprint density at radius 1 is 1.33 bits per heavy atom. The maximum atomic E-state index is 6.09. The Morgan fingerprint density at radius 2 is 2.11 bits per heavy atom. The number of halogens is 1. The Kier molecular flexibility index (Phi) is 3.86. The number of nitrogens with one attached hydrogen (secondary N) is 1. The molecular weight excluding hydrogens is 254 g/mol. The Hall–Kier alpha value is -1.56. The molecule has 3 N–H and O–H groups in total. The lowest BCUT2D eigenvalue weighted by molar-refractivity contribution is 0.182. The molecule has 18 heavy (non-hydrogen) atoms. The van der Waals surface area contributed by atoms with E-state index in [1.165, 1.54) is 0 Å². The van der Waals surface area contributed by atoms with E-state index in [0.29, 0.717) is 17.4 Å². The molecule has 0 aliphatic heterocycles. The van der Waals surface area contributed by atoms with Crippen LogP contribution in [0.25, 0.3) is 10.9 Å². The molecule has 0 unspecified atom stereocenters. The van der Waals surface area contributed by atoms with Gasteiger partial charge in [0, 0.05) is 18.6 Å². The molecular formula is C12H14ClN3O2. The number of hydrogen-bond acceptors (Lipinski definition) is 5. The van der Waals surface area contributed by atoms with E-state index in [-0.39, 0.29) is 0 Å². The summed E-state index contributed by atoms with van der Waals surface area (Å²) in [6.07, 6.45) is 0. The molecule has 0 aliphatic carbocycles. The van der Waals surface area contributed by atoms with Crippen LogP contribution in [0.3, 0.4) is 0 Å². The minimum absolute atomic E-state index is 0.412. The van der Waals surface area contributed by atoms with Gasteiger partial charge in [-0.1, -0.05) is 11.6 Å². The maximum Gasteiger partial charge on any atom is 0.139 e. The van der Waals surface area contributed by atoms with Crippen LogP contribution in [-0.2, 0) is 11.3 Å². The third-order valence-electron chi connectivity index (χ3n) is 2.58. The molecule has 0 spiro atoms. The number of rotatable bonds is 4. The second kappa shape index (κ2) is 5.39.